The van der Waals surface area contributed by atoms with Gasteiger partial charge in [0.2, 0.25) is 0 Å². The highest BCUT2D eigenvalue weighted by Gasteiger charge is 2.18. The average Bonchev–Trinajstić information content (AvgIpc) is 3.46. The largest absolute Gasteiger partial charge is 0.384 e. The summed E-state index contributed by atoms with van der Waals surface area (Å²) in [7, 11) is 0. The van der Waals surface area contributed by atoms with Crippen molar-refractivity contribution in [2.75, 3.05) is 0 Å². The van der Waals surface area contributed by atoms with Crippen molar-refractivity contribution in [2.45, 2.75) is 12.5 Å². The zero-order valence-electron chi connectivity index (χ0n) is 16.6. The number of nitrogens with zero attached hydrogens (tertiary/aromatic N) is 1. The van der Waals surface area contributed by atoms with Crippen LogP contribution in [0.5, 0.6) is 0 Å². The van der Waals surface area contributed by atoms with Gasteiger partial charge in [0, 0.05) is 0 Å². The summed E-state index contributed by atoms with van der Waals surface area (Å²) in [5, 5.41) is 10.9. The van der Waals surface area contributed by atoms with Crippen LogP contribution in [0.4, 0.5) is 0 Å². The summed E-state index contributed by atoms with van der Waals surface area (Å²) in [6.45, 7) is 0. The van der Waals surface area contributed by atoms with Gasteiger partial charge in [-0.05, 0) is 64.8 Å². The molecule has 0 radical (unpaired) electrons. The third-order valence-electron chi connectivity index (χ3n) is 5.46. The van der Waals surface area contributed by atoms with Gasteiger partial charge >= 0.3 is 0 Å². The van der Waals surface area contributed by atoms with Crippen LogP contribution in [0.2, 0.25) is 0 Å². The third-order valence-corrected chi connectivity index (χ3v) is 5.46. The summed E-state index contributed by atoms with van der Waals surface area (Å²) in [5.41, 5.74) is 8.20. The van der Waals surface area contributed by atoms with Gasteiger partial charge in [0.15, 0.2) is 0 Å². The molecule has 2 aromatic carbocycles. The van der Waals surface area contributed by atoms with Crippen molar-refractivity contribution in [1.82, 2.24) is 15.5 Å². The Morgan fingerprint density at radius 2 is 1.67 bits per heavy atom. The van der Waals surface area contributed by atoms with E-state index in [-0.39, 0.29) is 0 Å². The molecule has 146 valence electrons. The molecule has 2 heterocycles. The summed E-state index contributed by atoms with van der Waals surface area (Å²) in [5.74, 6) is 0. The number of aromatic amines is 1. The molecule has 3 aromatic rings. The molecule has 0 bridgehead atoms. The highest BCUT2D eigenvalue weighted by molar-refractivity contribution is 5.71. The molecule has 0 saturated carbocycles. The Balaban J connectivity index is 1.23. The fourth-order valence-corrected chi connectivity index (χ4v) is 3.77. The van der Waals surface area contributed by atoms with Crippen molar-refractivity contribution in [3.05, 3.63) is 119 Å². The Morgan fingerprint density at radius 1 is 0.833 bits per heavy atom. The zero-order chi connectivity index (χ0) is 20.2. The van der Waals surface area contributed by atoms with E-state index in [0.717, 1.165) is 23.4 Å². The molecule has 1 aliphatic carbocycles. The van der Waals surface area contributed by atoms with Gasteiger partial charge in [0.05, 0.1) is 17.4 Å². The molecular formula is C27H23N3. The predicted octanol–water partition coefficient (Wildman–Crippen LogP) is 6.00. The third kappa shape index (κ3) is 4.11. The van der Waals surface area contributed by atoms with E-state index < -0.39 is 0 Å². The Bertz CT molecular complexity index is 1170. The van der Waals surface area contributed by atoms with Crippen LogP contribution in [0.1, 0.15) is 23.4 Å². The number of hydrogen-bond acceptors (Lipinski definition) is 2. The van der Waals surface area contributed by atoms with E-state index in [4.69, 9.17) is 0 Å². The molecule has 2 N–H and O–H groups in total. The van der Waals surface area contributed by atoms with E-state index in [1.165, 1.54) is 22.3 Å². The Kier molecular flexibility index (Phi) is 5.01. The first-order valence-electron chi connectivity index (χ1n) is 10.2. The van der Waals surface area contributed by atoms with Gasteiger partial charge in [-0.2, -0.15) is 5.10 Å². The van der Waals surface area contributed by atoms with E-state index >= 15 is 0 Å². The normalized spacial score (nSPS) is 17.8. The fourth-order valence-electron chi connectivity index (χ4n) is 3.77. The van der Waals surface area contributed by atoms with Crippen molar-refractivity contribution in [2.24, 2.45) is 0 Å². The zero-order valence-corrected chi connectivity index (χ0v) is 16.6. The van der Waals surface area contributed by atoms with E-state index in [1.807, 2.05) is 12.3 Å². The number of H-pyrrole nitrogens is 1. The summed E-state index contributed by atoms with van der Waals surface area (Å²) < 4.78 is 0. The number of nitrogens with one attached hydrogen (secondary N) is 2. The van der Waals surface area contributed by atoms with Gasteiger partial charge in [0.25, 0.3) is 0 Å². The topological polar surface area (TPSA) is 40.7 Å². The smallest absolute Gasteiger partial charge is 0.0854 e. The van der Waals surface area contributed by atoms with Gasteiger partial charge in [-0.15, -0.1) is 0 Å². The molecule has 2 aliphatic rings. The lowest BCUT2D eigenvalue weighted by atomic mass is 9.94. The number of rotatable bonds is 5. The standard InChI is InChI=1S/C27H23N3/c1-2-4-22(5-3-1)23-11-6-20(7-12-23)9-14-25-19-26(30-29-25)15-10-21-8-13-24-16-17-28-27(24)18-21/h1-17,19,27-28H,18H2,(H,29,30)/b14-9+,15-10+. The molecular weight excluding hydrogens is 366 g/mol. The molecule has 3 heteroatoms. The van der Waals surface area contributed by atoms with Crippen LogP contribution in [-0.4, -0.2) is 16.2 Å². The van der Waals surface area contributed by atoms with Crippen LogP contribution < -0.4 is 5.32 Å². The number of fused-ring (bicyclic) bond motifs is 1. The maximum Gasteiger partial charge on any atom is 0.0854 e. The molecule has 1 unspecified atom stereocenters. The molecule has 30 heavy (non-hydrogen) atoms. The molecule has 0 amide bonds. The van der Waals surface area contributed by atoms with Crippen LogP contribution in [0.25, 0.3) is 29.4 Å². The molecule has 1 aromatic heterocycles. The second kappa shape index (κ2) is 8.26. The highest BCUT2D eigenvalue weighted by Crippen LogP contribution is 2.24. The SMILES string of the molecule is C1=CC2=CC=C(/C=C/c3cc(/C=C/c4ccc(-c5ccccc5)cc4)[nH]n3)CC2N1. The van der Waals surface area contributed by atoms with E-state index in [0.29, 0.717) is 6.04 Å². The number of hydrogen-bond donors (Lipinski definition) is 2. The van der Waals surface area contributed by atoms with Crippen LogP contribution >= 0.6 is 0 Å². The minimum atomic E-state index is 0.417. The predicted molar refractivity (Wildman–Crippen MR) is 125 cm³/mol. The summed E-state index contributed by atoms with van der Waals surface area (Å²) in [4.78, 5) is 0. The second-order valence-electron chi connectivity index (χ2n) is 7.57. The maximum atomic E-state index is 4.40. The van der Waals surface area contributed by atoms with E-state index in [2.05, 4.69) is 113 Å². The molecule has 0 spiro atoms. The van der Waals surface area contributed by atoms with Crippen LogP contribution in [0.3, 0.4) is 0 Å². The van der Waals surface area contributed by atoms with Crippen molar-refractivity contribution < 1.29 is 0 Å². The van der Waals surface area contributed by atoms with E-state index in [1.54, 1.807) is 0 Å². The molecule has 3 nitrogen and oxygen atoms in total. The van der Waals surface area contributed by atoms with Gasteiger partial charge < -0.3 is 5.32 Å². The average molecular weight is 390 g/mol. The lowest BCUT2D eigenvalue weighted by Crippen LogP contribution is -2.22. The lowest BCUT2D eigenvalue weighted by Gasteiger charge is -2.17. The monoisotopic (exact) mass is 389 g/mol. The molecule has 0 fully saturated rings. The second-order valence-corrected chi connectivity index (χ2v) is 7.57. The lowest BCUT2D eigenvalue weighted by molar-refractivity contribution is 0.695. The molecule has 1 aliphatic heterocycles. The Morgan fingerprint density at radius 3 is 2.53 bits per heavy atom. The van der Waals surface area contributed by atoms with Crippen LogP contribution in [0, 0.1) is 0 Å². The van der Waals surface area contributed by atoms with Gasteiger partial charge in [-0.25, -0.2) is 0 Å². The van der Waals surface area contributed by atoms with Crippen LogP contribution in [0.15, 0.2) is 102 Å². The molecule has 0 saturated heterocycles. The maximum absolute atomic E-state index is 4.40. The van der Waals surface area contributed by atoms with E-state index in [9.17, 15) is 0 Å². The highest BCUT2D eigenvalue weighted by atomic mass is 15.1. The Labute approximate surface area is 176 Å². The van der Waals surface area contributed by atoms with Crippen molar-refractivity contribution >= 4 is 18.2 Å². The first kappa shape index (κ1) is 18.2. The number of benzene rings is 2. The summed E-state index contributed by atoms with van der Waals surface area (Å²) >= 11 is 0. The minimum Gasteiger partial charge on any atom is -0.384 e. The van der Waals surface area contributed by atoms with Crippen LogP contribution in [-0.2, 0) is 0 Å². The molecule has 5 rings (SSSR count). The van der Waals surface area contributed by atoms with Gasteiger partial charge in [-0.1, -0.05) is 78.9 Å². The fraction of sp³-hybridized carbons (Fsp3) is 0.0741. The van der Waals surface area contributed by atoms with Gasteiger partial charge in [-0.3, -0.25) is 5.10 Å². The van der Waals surface area contributed by atoms with Crippen molar-refractivity contribution in [1.29, 1.82) is 0 Å². The first-order valence-corrected chi connectivity index (χ1v) is 10.2. The number of allylic oxidation sites excluding steroid dienone is 3. The summed E-state index contributed by atoms with van der Waals surface area (Å²) in [6.07, 6.45) is 17.9. The number of aromatic nitrogens is 2. The first-order chi connectivity index (χ1) is 14.8. The van der Waals surface area contributed by atoms with Gasteiger partial charge in [0.1, 0.15) is 0 Å². The molecule has 1 atom stereocenters. The quantitative estimate of drug-likeness (QED) is 0.562. The Hall–Kier alpha value is -3.85. The van der Waals surface area contributed by atoms with Crippen molar-refractivity contribution in [3.8, 4) is 11.1 Å². The van der Waals surface area contributed by atoms with Crippen molar-refractivity contribution in [3.63, 3.8) is 0 Å². The minimum absolute atomic E-state index is 0.417. The summed E-state index contributed by atoms with van der Waals surface area (Å²) in [6, 6.07) is 21.5.